The maximum Gasteiger partial charge on any atom is 0.225 e. The minimum Gasteiger partial charge on any atom is -0.467 e. The molecule has 1 aliphatic heterocycles. The third-order valence-corrected chi connectivity index (χ3v) is 4.47. The van der Waals surface area contributed by atoms with Crippen LogP contribution in [0, 0.1) is 11.8 Å². The van der Waals surface area contributed by atoms with Crippen molar-refractivity contribution in [2.45, 2.75) is 38.3 Å². The molecule has 2 amide bonds. The Balaban J connectivity index is 1.54. The van der Waals surface area contributed by atoms with Gasteiger partial charge in [0.1, 0.15) is 5.76 Å². The molecule has 2 atom stereocenters. The number of furan rings is 1. The summed E-state index contributed by atoms with van der Waals surface area (Å²) in [6, 6.07) is 3.66. The molecule has 1 aromatic rings. The van der Waals surface area contributed by atoms with Crippen molar-refractivity contribution in [3.63, 3.8) is 0 Å². The first-order valence-electron chi connectivity index (χ1n) is 7.88. The maximum absolute atomic E-state index is 12.4. The van der Waals surface area contributed by atoms with Crippen molar-refractivity contribution >= 4 is 11.8 Å². The lowest BCUT2D eigenvalue weighted by Crippen LogP contribution is -2.41. The normalized spacial score (nSPS) is 22.9. The quantitative estimate of drug-likeness (QED) is 0.784. The minimum atomic E-state index is -0.303. The van der Waals surface area contributed by atoms with E-state index in [1.54, 1.807) is 17.2 Å². The van der Waals surface area contributed by atoms with Crippen LogP contribution in [0.2, 0.25) is 0 Å². The largest absolute Gasteiger partial charge is 0.467 e. The highest BCUT2D eigenvalue weighted by molar-refractivity contribution is 5.89. The van der Waals surface area contributed by atoms with Crippen molar-refractivity contribution in [3.05, 3.63) is 24.2 Å². The monoisotopic (exact) mass is 306 g/mol. The molecule has 1 saturated carbocycles. The maximum atomic E-state index is 12.4. The fourth-order valence-electron chi connectivity index (χ4n) is 3.06. The van der Waals surface area contributed by atoms with Crippen molar-refractivity contribution in [2.75, 3.05) is 13.2 Å². The zero-order chi connectivity index (χ0) is 15.5. The molecular formula is C16H22N2O4. The van der Waals surface area contributed by atoms with Gasteiger partial charge in [-0.05, 0) is 37.3 Å². The Morgan fingerprint density at radius 3 is 2.95 bits per heavy atom. The predicted octanol–water partition coefficient (Wildman–Crippen LogP) is 0.905. The summed E-state index contributed by atoms with van der Waals surface area (Å²) >= 11 is 0. The van der Waals surface area contributed by atoms with Crippen LogP contribution in [0.3, 0.4) is 0 Å². The Kier molecular flexibility index (Phi) is 4.47. The first-order chi connectivity index (χ1) is 10.7. The van der Waals surface area contributed by atoms with E-state index in [1.165, 1.54) is 0 Å². The van der Waals surface area contributed by atoms with Crippen molar-refractivity contribution < 1.29 is 19.1 Å². The number of aliphatic hydroxyl groups is 1. The molecule has 1 aromatic heterocycles. The molecule has 2 aliphatic rings. The van der Waals surface area contributed by atoms with Gasteiger partial charge in [0, 0.05) is 25.6 Å². The summed E-state index contributed by atoms with van der Waals surface area (Å²) in [5.41, 5.74) is 0. The van der Waals surface area contributed by atoms with E-state index in [0.717, 1.165) is 18.6 Å². The first kappa shape index (κ1) is 15.1. The first-order valence-corrected chi connectivity index (χ1v) is 7.88. The van der Waals surface area contributed by atoms with Gasteiger partial charge in [0.2, 0.25) is 11.8 Å². The third-order valence-electron chi connectivity index (χ3n) is 4.47. The molecule has 120 valence electrons. The second kappa shape index (κ2) is 6.52. The lowest BCUT2D eigenvalue weighted by molar-refractivity contribution is -0.129. The molecule has 0 radical (unpaired) electrons. The zero-order valence-corrected chi connectivity index (χ0v) is 12.5. The van der Waals surface area contributed by atoms with E-state index in [2.05, 4.69) is 5.32 Å². The average molecular weight is 306 g/mol. The minimum absolute atomic E-state index is 0.0123. The van der Waals surface area contributed by atoms with Gasteiger partial charge in [-0.2, -0.15) is 0 Å². The smallest absolute Gasteiger partial charge is 0.225 e. The number of hydrogen-bond donors (Lipinski definition) is 2. The molecule has 3 rings (SSSR count). The Morgan fingerprint density at radius 1 is 1.50 bits per heavy atom. The molecule has 2 fully saturated rings. The number of nitrogens with one attached hydrogen (secondary N) is 1. The van der Waals surface area contributed by atoms with Gasteiger partial charge in [-0.3, -0.25) is 9.59 Å². The van der Waals surface area contributed by atoms with Crippen LogP contribution < -0.4 is 5.32 Å². The molecule has 0 bridgehead atoms. The van der Waals surface area contributed by atoms with E-state index >= 15 is 0 Å². The number of likely N-dealkylation sites (tertiary alicyclic amines) is 1. The molecule has 0 aromatic carbocycles. The summed E-state index contributed by atoms with van der Waals surface area (Å²) < 4.78 is 5.25. The number of carbonyl (C=O) groups excluding carboxylic acids is 2. The zero-order valence-electron chi connectivity index (χ0n) is 12.5. The topological polar surface area (TPSA) is 82.8 Å². The van der Waals surface area contributed by atoms with Crippen molar-refractivity contribution in [3.8, 4) is 0 Å². The third kappa shape index (κ3) is 3.50. The molecular weight excluding hydrogens is 284 g/mol. The summed E-state index contributed by atoms with van der Waals surface area (Å²) in [6.45, 7) is 0.926. The van der Waals surface area contributed by atoms with Gasteiger partial charge in [0.05, 0.1) is 18.7 Å². The number of carbonyl (C=O) groups is 2. The van der Waals surface area contributed by atoms with Crippen LogP contribution in [0.1, 0.15) is 31.4 Å². The van der Waals surface area contributed by atoms with Crippen LogP contribution in [0.5, 0.6) is 0 Å². The van der Waals surface area contributed by atoms with Crippen molar-refractivity contribution in [1.82, 2.24) is 10.2 Å². The Morgan fingerprint density at radius 2 is 2.32 bits per heavy atom. The van der Waals surface area contributed by atoms with E-state index in [-0.39, 0.29) is 36.8 Å². The van der Waals surface area contributed by atoms with Crippen LogP contribution in [0.4, 0.5) is 0 Å². The molecule has 1 saturated heterocycles. The Hall–Kier alpha value is -1.82. The van der Waals surface area contributed by atoms with Crippen molar-refractivity contribution in [2.24, 2.45) is 11.8 Å². The van der Waals surface area contributed by atoms with Gasteiger partial charge in [0.25, 0.3) is 0 Å². The highest BCUT2D eigenvalue weighted by Crippen LogP contribution is 2.34. The molecule has 2 heterocycles. The van der Waals surface area contributed by atoms with Crippen LogP contribution in [-0.4, -0.2) is 41.0 Å². The van der Waals surface area contributed by atoms with E-state index < -0.39 is 0 Å². The van der Waals surface area contributed by atoms with Gasteiger partial charge in [-0.1, -0.05) is 0 Å². The van der Waals surface area contributed by atoms with Gasteiger partial charge < -0.3 is 19.7 Å². The molecule has 22 heavy (non-hydrogen) atoms. The second-order valence-corrected chi connectivity index (χ2v) is 6.22. The number of rotatable bonds is 7. The fourth-order valence-corrected chi connectivity index (χ4v) is 3.06. The highest BCUT2D eigenvalue weighted by atomic mass is 16.3. The lowest BCUT2D eigenvalue weighted by Gasteiger charge is -2.20. The highest BCUT2D eigenvalue weighted by Gasteiger charge is 2.37. The van der Waals surface area contributed by atoms with Crippen LogP contribution in [0.15, 0.2) is 22.8 Å². The van der Waals surface area contributed by atoms with Gasteiger partial charge >= 0.3 is 0 Å². The fraction of sp³-hybridized carbons (Fsp3) is 0.625. The second-order valence-electron chi connectivity index (χ2n) is 6.22. The number of amides is 2. The Bertz CT molecular complexity index is 524. The van der Waals surface area contributed by atoms with Gasteiger partial charge in [-0.15, -0.1) is 0 Å². The predicted molar refractivity (Wildman–Crippen MR) is 78.6 cm³/mol. The van der Waals surface area contributed by atoms with Gasteiger partial charge in [0.15, 0.2) is 0 Å². The van der Waals surface area contributed by atoms with Gasteiger partial charge in [-0.25, -0.2) is 0 Å². The van der Waals surface area contributed by atoms with Crippen molar-refractivity contribution in [1.29, 1.82) is 0 Å². The van der Waals surface area contributed by atoms with E-state index in [4.69, 9.17) is 9.52 Å². The van der Waals surface area contributed by atoms with E-state index in [9.17, 15) is 9.59 Å². The number of aliphatic hydroxyl groups excluding tert-OH is 1. The molecule has 6 nitrogen and oxygen atoms in total. The molecule has 0 spiro atoms. The molecule has 1 aliphatic carbocycles. The standard InChI is InChI=1S/C16H22N2O4/c19-6-5-14(11-3-4-11)17-16(21)12-8-15(20)18(9-12)10-13-2-1-7-22-13/h1-2,7,11-12,14,19H,3-6,8-10H2,(H,17,21). The summed E-state index contributed by atoms with van der Waals surface area (Å²) in [4.78, 5) is 26.1. The molecule has 2 unspecified atom stereocenters. The van der Waals surface area contributed by atoms with E-state index in [0.29, 0.717) is 25.4 Å². The summed E-state index contributed by atoms with van der Waals surface area (Å²) in [5, 5.41) is 12.1. The summed E-state index contributed by atoms with van der Waals surface area (Å²) in [5.74, 6) is 0.836. The SMILES string of the molecule is O=C(NC(CCO)C1CC1)C1CC(=O)N(Cc2ccco2)C1. The van der Waals surface area contributed by atoms with Crippen LogP contribution in [-0.2, 0) is 16.1 Å². The van der Waals surface area contributed by atoms with Crippen LogP contribution in [0.25, 0.3) is 0 Å². The van der Waals surface area contributed by atoms with E-state index in [1.807, 2.05) is 6.07 Å². The number of nitrogens with zero attached hydrogens (tertiary/aromatic N) is 1. The summed E-state index contributed by atoms with van der Waals surface area (Å²) in [7, 11) is 0. The van der Waals surface area contributed by atoms with Crippen LogP contribution >= 0.6 is 0 Å². The lowest BCUT2D eigenvalue weighted by atomic mass is 10.0. The number of hydrogen-bond acceptors (Lipinski definition) is 4. The molecule has 2 N–H and O–H groups in total. The average Bonchev–Trinajstić information content (AvgIpc) is 3.10. The summed E-state index contributed by atoms with van der Waals surface area (Å²) in [6.07, 6.45) is 4.64. The molecule has 6 heteroatoms. The Labute approximate surface area is 129 Å².